The van der Waals surface area contributed by atoms with Gasteiger partial charge in [0.15, 0.2) is 0 Å². The quantitative estimate of drug-likeness (QED) is 0.752. The first-order valence-corrected chi connectivity index (χ1v) is 9.63. The Bertz CT molecular complexity index is 947. The molecule has 0 spiro atoms. The second-order valence-electron chi connectivity index (χ2n) is 7.23. The van der Waals surface area contributed by atoms with Crippen molar-refractivity contribution in [2.75, 3.05) is 31.7 Å². The maximum atomic E-state index is 13.3. The van der Waals surface area contributed by atoms with Crippen LogP contribution >= 0.6 is 0 Å². The molecule has 4 rings (SSSR count). The number of ether oxygens (including phenoxy) is 1. The number of amides is 2. The fourth-order valence-corrected chi connectivity index (χ4v) is 3.95. The minimum Gasteiger partial charge on any atom is -0.383 e. The summed E-state index contributed by atoms with van der Waals surface area (Å²) >= 11 is 0. The summed E-state index contributed by atoms with van der Waals surface area (Å²) < 4.78 is 5.12. The monoisotopic (exact) mass is 376 g/mol. The summed E-state index contributed by atoms with van der Waals surface area (Å²) in [6, 6.07) is 15.9. The Kier molecular flexibility index (Phi) is 5.01. The van der Waals surface area contributed by atoms with Gasteiger partial charge in [-0.15, -0.1) is 0 Å². The first-order valence-electron chi connectivity index (χ1n) is 9.63. The fraction of sp³-hybridized carbons (Fsp3) is 0.304. The first kappa shape index (κ1) is 18.4. The maximum Gasteiger partial charge on any atom is 0.278 e. The highest BCUT2D eigenvalue weighted by Gasteiger charge is 2.42. The van der Waals surface area contributed by atoms with Crippen LogP contribution < -0.4 is 4.90 Å². The Morgan fingerprint density at radius 3 is 2.50 bits per heavy atom. The summed E-state index contributed by atoms with van der Waals surface area (Å²) in [5, 5.41) is 0. The van der Waals surface area contributed by atoms with E-state index < -0.39 is 0 Å². The molecule has 28 heavy (non-hydrogen) atoms. The van der Waals surface area contributed by atoms with Crippen molar-refractivity contribution in [3.05, 3.63) is 70.9 Å². The van der Waals surface area contributed by atoms with Gasteiger partial charge in [0, 0.05) is 19.3 Å². The molecule has 2 aliphatic heterocycles. The smallest absolute Gasteiger partial charge is 0.278 e. The molecular formula is C23H24N2O3. The summed E-state index contributed by atoms with van der Waals surface area (Å²) in [5.41, 5.74) is 5.09. The molecule has 0 aromatic heterocycles. The zero-order chi connectivity index (χ0) is 19.7. The number of methoxy groups -OCH3 is 1. The topological polar surface area (TPSA) is 49.9 Å². The van der Waals surface area contributed by atoms with Gasteiger partial charge in [-0.25, -0.2) is 0 Å². The van der Waals surface area contributed by atoms with E-state index in [1.807, 2.05) is 54.3 Å². The van der Waals surface area contributed by atoms with E-state index in [-0.39, 0.29) is 18.4 Å². The third-order valence-electron chi connectivity index (χ3n) is 5.38. The van der Waals surface area contributed by atoms with E-state index in [0.717, 1.165) is 36.2 Å². The molecule has 0 bridgehead atoms. The van der Waals surface area contributed by atoms with Gasteiger partial charge in [-0.1, -0.05) is 48.0 Å². The molecule has 0 radical (unpaired) electrons. The highest BCUT2D eigenvalue weighted by molar-refractivity contribution is 6.36. The lowest BCUT2D eigenvalue weighted by Crippen LogP contribution is -2.38. The average Bonchev–Trinajstić information content (AvgIpc) is 2.96. The molecule has 0 saturated carbocycles. The van der Waals surface area contributed by atoms with Gasteiger partial charge < -0.3 is 9.64 Å². The number of hydrogen-bond donors (Lipinski definition) is 0. The van der Waals surface area contributed by atoms with E-state index in [1.54, 1.807) is 7.11 Å². The van der Waals surface area contributed by atoms with Gasteiger partial charge in [0.1, 0.15) is 5.70 Å². The van der Waals surface area contributed by atoms with Crippen molar-refractivity contribution in [1.82, 2.24) is 4.90 Å². The van der Waals surface area contributed by atoms with Gasteiger partial charge in [0.2, 0.25) is 0 Å². The van der Waals surface area contributed by atoms with Crippen LogP contribution in [0, 0.1) is 6.92 Å². The molecule has 2 aromatic rings. The number of rotatable bonds is 5. The summed E-state index contributed by atoms with van der Waals surface area (Å²) in [7, 11) is 1.57. The van der Waals surface area contributed by atoms with Crippen LogP contribution in [0.15, 0.2) is 54.2 Å². The van der Waals surface area contributed by atoms with Crippen molar-refractivity contribution < 1.29 is 14.3 Å². The Labute approximate surface area is 165 Å². The Balaban J connectivity index is 1.85. The van der Waals surface area contributed by atoms with Gasteiger partial charge >= 0.3 is 0 Å². The predicted octanol–water partition coefficient (Wildman–Crippen LogP) is 3.17. The Morgan fingerprint density at radius 2 is 1.75 bits per heavy atom. The maximum absolute atomic E-state index is 13.3. The summed E-state index contributed by atoms with van der Waals surface area (Å²) in [4.78, 5) is 29.9. The molecule has 2 heterocycles. The molecule has 0 atom stereocenters. The third kappa shape index (κ3) is 3.12. The molecule has 0 unspecified atom stereocenters. The number of nitrogens with zero attached hydrogens (tertiary/aromatic N) is 2. The molecule has 0 fully saturated rings. The van der Waals surface area contributed by atoms with Crippen molar-refractivity contribution >= 4 is 23.1 Å². The molecule has 5 nitrogen and oxygen atoms in total. The van der Waals surface area contributed by atoms with Crippen molar-refractivity contribution in [2.24, 2.45) is 0 Å². The molecule has 0 aliphatic carbocycles. The van der Waals surface area contributed by atoms with Crippen molar-refractivity contribution in [2.45, 2.75) is 19.8 Å². The molecule has 0 saturated heterocycles. The SMILES string of the molecule is COCCN1C(=O)C(c2ccc(C)cc2)=C(N2CCCc3ccccc32)C1=O. The molecule has 0 N–H and O–H groups in total. The third-order valence-corrected chi connectivity index (χ3v) is 5.38. The molecule has 5 heteroatoms. The molecular weight excluding hydrogens is 352 g/mol. The van der Waals surface area contributed by atoms with Crippen LogP contribution in [-0.2, 0) is 20.7 Å². The lowest BCUT2D eigenvalue weighted by molar-refractivity contribution is -0.137. The molecule has 2 aromatic carbocycles. The number of anilines is 1. The highest BCUT2D eigenvalue weighted by atomic mass is 16.5. The standard InChI is InChI=1S/C23H24N2O3/c1-16-9-11-18(12-10-16)20-21(23(27)25(22(20)26)14-15-28-2)24-13-5-7-17-6-3-4-8-19(17)24/h3-4,6,8-12H,5,7,13-15H2,1-2H3. The van der Waals surface area contributed by atoms with Gasteiger partial charge in [-0.05, 0) is 37.0 Å². The second-order valence-corrected chi connectivity index (χ2v) is 7.23. The van der Waals surface area contributed by atoms with Gasteiger partial charge in [-0.3, -0.25) is 14.5 Å². The zero-order valence-electron chi connectivity index (χ0n) is 16.3. The first-order chi connectivity index (χ1) is 13.6. The van der Waals surface area contributed by atoms with Gasteiger partial charge in [0.05, 0.1) is 18.7 Å². The number of fused-ring (bicyclic) bond motifs is 1. The summed E-state index contributed by atoms with van der Waals surface area (Å²) in [5.74, 6) is -0.488. The van der Waals surface area contributed by atoms with Crippen molar-refractivity contribution in [3.8, 4) is 0 Å². The number of carbonyl (C=O) groups excluding carboxylic acids is 2. The van der Waals surface area contributed by atoms with E-state index >= 15 is 0 Å². The average molecular weight is 376 g/mol. The molecule has 2 amide bonds. The number of imide groups is 1. The summed E-state index contributed by atoms with van der Waals surface area (Å²) in [6.07, 6.45) is 1.93. The van der Waals surface area contributed by atoms with E-state index in [4.69, 9.17) is 4.74 Å². The number of para-hydroxylation sites is 1. The summed E-state index contributed by atoms with van der Waals surface area (Å²) in [6.45, 7) is 3.30. The number of benzene rings is 2. The highest BCUT2D eigenvalue weighted by Crippen LogP contribution is 2.37. The van der Waals surface area contributed by atoms with Crippen LogP contribution in [0.25, 0.3) is 5.57 Å². The van der Waals surface area contributed by atoms with Crippen molar-refractivity contribution in [3.63, 3.8) is 0 Å². The van der Waals surface area contributed by atoms with Crippen LogP contribution in [0.3, 0.4) is 0 Å². The van der Waals surface area contributed by atoms with Crippen LogP contribution in [0.5, 0.6) is 0 Å². The lowest BCUT2D eigenvalue weighted by Gasteiger charge is -2.32. The molecule has 144 valence electrons. The Morgan fingerprint density at radius 1 is 1.00 bits per heavy atom. The number of aryl methyl sites for hydroxylation is 2. The van der Waals surface area contributed by atoms with E-state index in [9.17, 15) is 9.59 Å². The van der Waals surface area contributed by atoms with Crippen LogP contribution in [0.4, 0.5) is 5.69 Å². The lowest BCUT2D eigenvalue weighted by atomic mass is 9.98. The minimum atomic E-state index is -0.246. The van der Waals surface area contributed by atoms with Crippen LogP contribution in [0.2, 0.25) is 0 Å². The normalized spacial score (nSPS) is 16.8. The van der Waals surface area contributed by atoms with E-state index in [2.05, 4.69) is 6.07 Å². The van der Waals surface area contributed by atoms with E-state index in [1.165, 1.54) is 10.5 Å². The minimum absolute atomic E-state index is 0.241. The van der Waals surface area contributed by atoms with Crippen LogP contribution in [-0.4, -0.2) is 43.5 Å². The largest absolute Gasteiger partial charge is 0.383 e. The molecule has 2 aliphatic rings. The predicted molar refractivity (Wildman–Crippen MR) is 109 cm³/mol. The van der Waals surface area contributed by atoms with E-state index in [0.29, 0.717) is 17.9 Å². The fourth-order valence-electron chi connectivity index (χ4n) is 3.95. The number of hydrogen-bond acceptors (Lipinski definition) is 4. The Hall–Kier alpha value is -2.92. The van der Waals surface area contributed by atoms with Crippen LogP contribution in [0.1, 0.15) is 23.1 Å². The zero-order valence-corrected chi connectivity index (χ0v) is 16.3. The van der Waals surface area contributed by atoms with Crippen molar-refractivity contribution in [1.29, 1.82) is 0 Å². The van der Waals surface area contributed by atoms with Gasteiger partial charge in [0.25, 0.3) is 11.8 Å². The number of carbonyl (C=O) groups is 2. The second kappa shape index (κ2) is 7.60. The van der Waals surface area contributed by atoms with Gasteiger partial charge in [-0.2, -0.15) is 0 Å².